The Hall–Kier alpha value is -3.48. The second-order valence-electron chi connectivity index (χ2n) is 6.79. The highest BCUT2D eigenvalue weighted by Gasteiger charge is 2.09. The van der Waals surface area contributed by atoms with Crippen LogP contribution in [-0.4, -0.2) is 25.1 Å². The van der Waals surface area contributed by atoms with E-state index < -0.39 is 0 Å². The Morgan fingerprint density at radius 2 is 1.77 bits per heavy atom. The molecule has 3 rings (SSSR count). The van der Waals surface area contributed by atoms with Crippen molar-refractivity contribution in [3.63, 3.8) is 0 Å². The third kappa shape index (κ3) is 5.76. The number of aryl methyl sites for hydroxylation is 2. The lowest BCUT2D eigenvalue weighted by Crippen LogP contribution is -2.36. The summed E-state index contributed by atoms with van der Waals surface area (Å²) >= 11 is 0. The molecule has 0 aliphatic heterocycles. The number of methoxy groups -OCH3 is 1. The SMILES string of the molecule is CN=C(NCc1ccc(OCc2ccccc2)c(OC)c1)NCc1nc(C)c(C)o1. The summed E-state index contributed by atoms with van der Waals surface area (Å²) in [6.07, 6.45) is 0. The predicted molar refractivity (Wildman–Crippen MR) is 117 cm³/mol. The van der Waals surface area contributed by atoms with Gasteiger partial charge in [0.15, 0.2) is 17.5 Å². The lowest BCUT2D eigenvalue weighted by molar-refractivity contribution is 0.284. The van der Waals surface area contributed by atoms with E-state index in [1.165, 1.54) is 0 Å². The summed E-state index contributed by atoms with van der Waals surface area (Å²) in [5.41, 5.74) is 3.05. The first-order valence-corrected chi connectivity index (χ1v) is 9.80. The normalized spacial score (nSPS) is 11.3. The second-order valence-corrected chi connectivity index (χ2v) is 6.79. The molecule has 0 amide bonds. The van der Waals surface area contributed by atoms with Crippen LogP contribution in [0.2, 0.25) is 0 Å². The van der Waals surface area contributed by atoms with Crippen molar-refractivity contribution in [1.82, 2.24) is 15.6 Å². The van der Waals surface area contributed by atoms with Crippen LogP contribution in [-0.2, 0) is 19.7 Å². The molecule has 0 radical (unpaired) electrons. The summed E-state index contributed by atoms with van der Waals surface area (Å²) in [5, 5.41) is 6.48. The summed E-state index contributed by atoms with van der Waals surface area (Å²) in [6, 6.07) is 15.9. The Morgan fingerprint density at radius 1 is 1.00 bits per heavy atom. The molecule has 0 saturated carbocycles. The topological polar surface area (TPSA) is 80.9 Å². The molecule has 2 aromatic carbocycles. The van der Waals surface area contributed by atoms with Gasteiger partial charge in [-0.3, -0.25) is 4.99 Å². The lowest BCUT2D eigenvalue weighted by atomic mass is 10.2. The van der Waals surface area contributed by atoms with E-state index in [2.05, 4.69) is 20.6 Å². The van der Waals surface area contributed by atoms with Gasteiger partial charge in [0.2, 0.25) is 5.89 Å². The molecule has 2 N–H and O–H groups in total. The molecule has 0 aliphatic rings. The minimum Gasteiger partial charge on any atom is -0.493 e. The number of guanidine groups is 1. The van der Waals surface area contributed by atoms with Crippen LogP contribution in [0.5, 0.6) is 11.5 Å². The van der Waals surface area contributed by atoms with Crippen LogP contribution in [0.25, 0.3) is 0 Å². The largest absolute Gasteiger partial charge is 0.493 e. The quantitative estimate of drug-likeness (QED) is 0.437. The van der Waals surface area contributed by atoms with Crippen molar-refractivity contribution in [2.24, 2.45) is 4.99 Å². The van der Waals surface area contributed by atoms with E-state index in [4.69, 9.17) is 13.9 Å². The number of nitrogens with one attached hydrogen (secondary N) is 2. The molecule has 0 bridgehead atoms. The van der Waals surface area contributed by atoms with E-state index in [1.807, 2.05) is 62.4 Å². The van der Waals surface area contributed by atoms with Gasteiger partial charge in [-0.25, -0.2) is 4.98 Å². The standard InChI is InChI=1S/C23H28N4O3/c1-16-17(2)30-22(27-16)14-26-23(24-3)25-13-19-10-11-20(21(12-19)28-4)29-15-18-8-6-5-7-9-18/h5-12H,13-15H2,1-4H3,(H2,24,25,26). The number of benzene rings is 2. The number of ether oxygens (including phenoxy) is 2. The van der Waals surface area contributed by atoms with Gasteiger partial charge in [0.25, 0.3) is 0 Å². The van der Waals surface area contributed by atoms with Crippen LogP contribution in [0.3, 0.4) is 0 Å². The summed E-state index contributed by atoms with van der Waals surface area (Å²) in [6.45, 7) is 5.36. The fraction of sp³-hybridized carbons (Fsp3) is 0.304. The molecule has 0 atom stereocenters. The highest BCUT2D eigenvalue weighted by molar-refractivity contribution is 5.79. The van der Waals surface area contributed by atoms with Crippen LogP contribution in [0, 0.1) is 13.8 Å². The molecule has 7 nitrogen and oxygen atoms in total. The first kappa shape index (κ1) is 21.2. The number of oxazole rings is 1. The fourth-order valence-corrected chi connectivity index (χ4v) is 2.86. The third-order valence-corrected chi connectivity index (χ3v) is 4.63. The van der Waals surface area contributed by atoms with Gasteiger partial charge in [-0.1, -0.05) is 36.4 Å². The number of nitrogens with zero attached hydrogens (tertiary/aromatic N) is 2. The molecule has 0 aliphatic carbocycles. The van der Waals surface area contributed by atoms with Gasteiger partial charge >= 0.3 is 0 Å². The second kappa shape index (κ2) is 10.3. The zero-order valence-electron chi connectivity index (χ0n) is 17.9. The lowest BCUT2D eigenvalue weighted by Gasteiger charge is -2.14. The molecule has 0 unspecified atom stereocenters. The van der Waals surface area contributed by atoms with Crippen LogP contribution in [0.4, 0.5) is 0 Å². The number of rotatable bonds is 8. The van der Waals surface area contributed by atoms with E-state index >= 15 is 0 Å². The Balaban J connectivity index is 1.54. The van der Waals surface area contributed by atoms with Crippen molar-refractivity contribution in [3.8, 4) is 11.5 Å². The summed E-state index contributed by atoms with van der Waals surface area (Å²) in [5.74, 6) is 3.53. The van der Waals surface area contributed by atoms with E-state index in [0.717, 1.165) is 22.6 Å². The van der Waals surface area contributed by atoms with Gasteiger partial charge in [0.05, 0.1) is 19.3 Å². The maximum absolute atomic E-state index is 5.92. The van der Waals surface area contributed by atoms with E-state index in [0.29, 0.717) is 43.0 Å². The molecule has 0 fully saturated rings. The molecule has 3 aromatic rings. The Morgan fingerprint density at radius 3 is 2.43 bits per heavy atom. The van der Waals surface area contributed by atoms with Crippen LogP contribution >= 0.6 is 0 Å². The molecular formula is C23H28N4O3. The van der Waals surface area contributed by atoms with Crippen molar-refractivity contribution < 1.29 is 13.9 Å². The molecule has 7 heteroatoms. The van der Waals surface area contributed by atoms with Crippen molar-refractivity contribution in [3.05, 3.63) is 77.0 Å². The highest BCUT2D eigenvalue weighted by Crippen LogP contribution is 2.28. The number of hydrogen-bond acceptors (Lipinski definition) is 5. The van der Waals surface area contributed by atoms with Gasteiger partial charge in [0.1, 0.15) is 12.4 Å². The molecular weight excluding hydrogens is 380 g/mol. The Bertz CT molecular complexity index is 964. The van der Waals surface area contributed by atoms with Gasteiger partial charge in [0, 0.05) is 13.6 Å². The monoisotopic (exact) mass is 408 g/mol. The zero-order valence-corrected chi connectivity index (χ0v) is 17.9. The summed E-state index contributed by atoms with van der Waals surface area (Å²) in [7, 11) is 3.37. The molecule has 30 heavy (non-hydrogen) atoms. The molecule has 0 saturated heterocycles. The Kier molecular flexibility index (Phi) is 7.32. The maximum atomic E-state index is 5.92. The minimum atomic E-state index is 0.462. The number of hydrogen-bond donors (Lipinski definition) is 2. The molecule has 1 heterocycles. The van der Waals surface area contributed by atoms with E-state index in [-0.39, 0.29) is 0 Å². The minimum absolute atomic E-state index is 0.462. The van der Waals surface area contributed by atoms with E-state index in [1.54, 1.807) is 14.2 Å². The average Bonchev–Trinajstić information content (AvgIpc) is 3.10. The predicted octanol–water partition coefficient (Wildman–Crippen LogP) is 3.74. The van der Waals surface area contributed by atoms with Crippen LogP contribution in [0.1, 0.15) is 28.5 Å². The number of aromatic nitrogens is 1. The van der Waals surface area contributed by atoms with Crippen molar-refractivity contribution >= 4 is 5.96 Å². The first-order chi connectivity index (χ1) is 14.6. The molecule has 0 spiro atoms. The van der Waals surface area contributed by atoms with Crippen molar-refractivity contribution in [2.75, 3.05) is 14.2 Å². The molecule has 1 aromatic heterocycles. The van der Waals surface area contributed by atoms with Crippen molar-refractivity contribution in [1.29, 1.82) is 0 Å². The van der Waals surface area contributed by atoms with E-state index in [9.17, 15) is 0 Å². The summed E-state index contributed by atoms with van der Waals surface area (Å²) < 4.78 is 17.0. The third-order valence-electron chi connectivity index (χ3n) is 4.63. The van der Waals surface area contributed by atoms with Crippen LogP contribution < -0.4 is 20.1 Å². The smallest absolute Gasteiger partial charge is 0.214 e. The van der Waals surface area contributed by atoms with Gasteiger partial charge in [-0.2, -0.15) is 0 Å². The van der Waals surface area contributed by atoms with Gasteiger partial charge < -0.3 is 24.5 Å². The fourth-order valence-electron chi connectivity index (χ4n) is 2.86. The Labute approximate surface area is 177 Å². The zero-order chi connectivity index (χ0) is 21.3. The van der Waals surface area contributed by atoms with Gasteiger partial charge in [-0.05, 0) is 37.1 Å². The number of aliphatic imine (C=N–C) groups is 1. The summed E-state index contributed by atoms with van der Waals surface area (Å²) in [4.78, 5) is 8.60. The highest BCUT2D eigenvalue weighted by atomic mass is 16.5. The van der Waals surface area contributed by atoms with Crippen molar-refractivity contribution in [2.45, 2.75) is 33.5 Å². The molecule has 158 valence electrons. The van der Waals surface area contributed by atoms with Gasteiger partial charge in [-0.15, -0.1) is 0 Å². The first-order valence-electron chi connectivity index (χ1n) is 9.80. The van der Waals surface area contributed by atoms with Crippen LogP contribution in [0.15, 0.2) is 57.9 Å². The maximum Gasteiger partial charge on any atom is 0.214 e. The average molecular weight is 409 g/mol.